The summed E-state index contributed by atoms with van der Waals surface area (Å²) in [5.41, 5.74) is 0.595. The zero-order valence-corrected chi connectivity index (χ0v) is 11.1. The first-order valence-electron chi connectivity index (χ1n) is 6.50. The molecule has 94 valence electrons. The average Bonchev–Trinajstić information content (AvgIpc) is 2.52. The molecule has 1 aliphatic heterocycles. The van der Waals surface area contributed by atoms with Crippen molar-refractivity contribution in [1.29, 1.82) is 0 Å². The van der Waals surface area contributed by atoms with Gasteiger partial charge in [-0.05, 0) is 6.92 Å². The van der Waals surface area contributed by atoms with Crippen LogP contribution < -0.4 is 0 Å². The van der Waals surface area contributed by atoms with E-state index in [1.807, 2.05) is 6.92 Å². The maximum atomic E-state index is 10.5. The molecule has 0 bridgehead atoms. The topological polar surface area (TPSA) is 26.3 Å². The quantitative estimate of drug-likeness (QED) is 0.398. The highest BCUT2D eigenvalue weighted by Crippen LogP contribution is 2.16. The van der Waals surface area contributed by atoms with Crippen molar-refractivity contribution >= 4 is 5.97 Å². The van der Waals surface area contributed by atoms with Gasteiger partial charge in [0.15, 0.2) is 0 Å². The van der Waals surface area contributed by atoms with E-state index in [2.05, 4.69) is 20.4 Å². The first kappa shape index (κ1) is 15.2. The van der Waals surface area contributed by atoms with Crippen LogP contribution in [0.15, 0.2) is 12.2 Å². The van der Waals surface area contributed by atoms with Gasteiger partial charge >= 0.3 is 5.97 Å². The molecule has 1 fully saturated rings. The predicted octanol–water partition coefficient (Wildman–Crippen LogP) is 4.24. The Morgan fingerprint density at radius 3 is 1.88 bits per heavy atom. The van der Waals surface area contributed by atoms with E-state index in [1.54, 1.807) is 0 Å². The van der Waals surface area contributed by atoms with Crippen LogP contribution in [-0.2, 0) is 9.53 Å². The van der Waals surface area contributed by atoms with Crippen LogP contribution >= 0.6 is 0 Å². The smallest absolute Gasteiger partial charge is 0.333 e. The second-order valence-electron chi connectivity index (χ2n) is 4.44. The van der Waals surface area contributed by atoms with Crippen molar-refractivity contribution in [2.75, 3.05) is 0 Å². The molecule has 2 heteroatoms. The highest BCUT2D eigenvalue weighted by molar-refractivity contribution is 5.89. The molecule has 1 atom stereocenters. The maximum Gasteiger partial charge on any atom is 0.333 e. The fourth-order valence-corrected chi connectivity index (χ4v) is 1.59. The molecular formula is C14H26O2. The molecule has 1 unspecified atom stereocenters. The molecule has 0 aromatic carbocycles. The lowest BCUT2D eigenvalue weighted by Gasteiger charge is -1.94. The minimum absolute atomic E-state index is 0.0509. The minimum atomic E-state index is -0.238. The van der Waals surface area contributed by atoms with Gasteiger partial charge in [0.05, 0.1) is 0 Å². The van der Waals surface area contributed by atoms with Crippen LogP contribution in [-0.4, -0.2) is 12.1 Å². The van der Waals surface area contributed by atoms with E-state index in [0.29, 0.717) is 12.0 Å². The van der Waals surface area contributed by atoms with Crippen molar-refractivity contribution in [2.24, 2.45) is 0 Å². The first-order valence-corrected chi connectivity index (χ1v) is 6.50. The molecule has 0 radical (unpaired) electrons. The molecular weight excluding hydrogens is 200 g/mol. The lowest BCUT2D eigenvalue weighted by molar-refractivity contribution is -0.138. The molecule has 0 aliphatic carbocycles. The summed E-state index contributed by atoms with van der Waals surface area (Å²) in [5, 5.41) is 0. The van der Waals surface area contributed by atoms with Gasteiger partial charge in [-0.25, -0.2) is 4.79 Å². The van der Waals surface area contributed by atoms with E-state index >= 15 is 0 Å². The molecule has 0 saturated carbocycles. The molecule has 16 heavy (non-hydrogen) atoms. The highest BCUT2D eigenvalue weighted by Gasteiger charge is 2.22. The van der Waals surface area contributed by atoms with Crippen LogP contribution in [0.5, 0.6) is 0 Å². The van der Waals surface area contributed by atoms with Crippen LogP contribution in [0.25, 0.3) is 0 Å². The Balaban J connectivity index is 0.000000281. The van der Waals surface area contributed by atoms with Gasteiger partial charge in [0, 0.05) is 12.0 Å². The second-order valence-corrected chi connectivity index (χ2v) is 4.44. The van der Waals surface area contributed by atoms with E-state index in [-0.39, 0.29) is 12.1 Å². The van der Waals surface area contributed by atoms with Crippen LogP contribution in [0.4, 0.5) is 0 Å². The van der Waals surface area contributed by atoms with Gasteiger partial charge in [0.2, 0.25) is 0 Å². The minimum Gasteiger partial charge on any atom is -0.459 e. The maximum absolute atomic E-state index is 10.5. The molecule has 2 nitrogen and oxygen atoms in total. The Labute approximate surface area is 100 Å². The normalized spacial score (nSPS) is 19.1. The monoisotopic (exact) mass is 226 g/mol. The molecule has 0 aromatic rings. The van der Waals surface area contributed by atoms with Gasteiger partial charge in [0.25, 0.3) is 0 Å². The zero-order chi connectivity index (χ0) is 12.4. The third-order valence-electron chi connectivity index (χ3n) is 2.59. The summed E-state index contributed by atoms with van der Waals surface area (Å²) in [5.74, 6) is -0.238. The van der Waals surface area contributed by atoms with Crippen LogP contribution in [0.2, 0.25) is 0 Å². The molecule has 0 amide bonds. The third-order valence-corrected chi connectivity index (χ3v) is 2.59. The molecule has 1 heterocycles. The summed E-state index contributed by atoms with van der Waals surface area (Å²) in [6, 6.07) is 0. The number of unbranched alkanes of at least 4 members (excludes halogenated alkanes) is 5. The summed E-state index contributed by atoms with van der Waals surface area (Å²) in [6.07, 6.45) is 9.23. The van der Waals surface area contributed by atoms with Crippen LogP contribution in [0.3, 0.4) is 0 Å². The molecule has 1 saturated heterocycles. The molecule has 1 rings (SSSR count). The van der Waals surface area contributed by atoms with Crippen molar-refractivity contribution in [1.82, 2.24) is 0 Å². The Morgan fingerprint density at radius 1 is 1.19 bits per heavy atom. The van der Waals surface area contributed by atoms with Gasteiger partial charge in [-0.15, -0.1) is 0 Å². The Hall–Kier alpha value is -0.790. The van der Waals surface area contributed by atoms with E-state index in [4.69, 9.17) is 4.74 Å². The van der Waals surface area contributed by atoms with Gasteiger partial charge in [-0.2, -0.15) is 0 Å². The Bertz CT molecular complexity index is 187. The number of esters is 1. The van der Waals surface area contributed by atoms with Gasteiger partial charge in [-0.3, -0.25) is 0 Å². The third kappa shape index (κ3) is 7.49. The number of ether oxygens (including phenoxy) is 1. The Kier molecular flexibility index (Phi) is 8.97. The molecule has 0 N–H and O–H groups in total. The van der Waals surface area contributed by atoms with E-state index in [9.17, 15) is 4.79 Å². The van der Waals surface area contributed by atoms with E-state index in [0.717, 1.165) is 0 Å². The van der Waals surface area contributed by atoms with Gasteiger partial charge in [-0.1, -0.05) is 59.0 Å². The predicted molar refractivity (Wildman–Crippen MR) is 68.4 cm³/mol. The summed E-state index contributed by atoms with van der Waals surface area (Å²) >= 11 is 0. The van der Waals surface area contributed by atoms with Crippen molar-refractivity contribution in [2.45, 2.75) is 71.8 Å². The SMILES string of the molecule is C=C1CC(C)OC1=O.CCCCCCCC. The van der Waals surface area contributed by atoms with Crippen LogP contribution in [0, 0.1) is 0 Å². The first-order chi connectivity index (χ1) is 7.61. The fourth-order valence-electron chi connectivity index (χ4n) is 1.59. The van der Waals surface area contributed by atoms with Crippen LogP contribution in [0.1, 0.15) is 65.7 Å². The standard InChI is InChI=1S/C8H18.C6H8O2/c1-3-5-7-8-6-4-2;1-4-3-5(2)8-6(4)7/h3-8H2,1-2H3;5H,1,3H2,2H3. The zero-order valence-electron chi connectivity index (χ0n) is 11.1. The summed E-state index contributed by atoms with van der Waals surface area (Å²) in [4.78, 5) is 10.5. The van der Waals surface area contributed by atoms with Crippen molar-refractivity contribution in [3.63, 3.8) is 0 Å². The van der Waals surface area contributed by atoms with Crippen molar-refractivity contribution < 1.29 is 9.53 Å². The number of hydrogen-bond donors (Lipinski definition) is 0. The average molecular weight is 226 g/mol. The highest BCUT2D eigenvalue weighted by atomic mass is 16.5. The van der Waals surface area contributed by atoms with Gasteiger partial charge in [0.1, 0.15) is 6.10 Å². The number of carbonyl (C=O) groups excluding carboxylic acids is 1. The fraction of sp³-hybridized carbons (Fsp3) is 0.786. The van der Waals surface area contributed by atoms with Crippen molar-refractivity contribution in [3.05, 3.63) is 12.2 Å². The lowest BCUT2D eigenvalue weighted by atomic mass is 10.1. The summed E-state index contributed by atoms with van der Waals surface area (Å²) < 4.78 is 4.73. The van der Waals surface area contributed by atoms with E-state index in [1.165, 1.54) is 38.5 Å². The summed E-state index contributed by atoms with van der Waals surface area (Å²) in [7, 11) is 0. The summed E-state index contributed by atoms with van der Waals surface area (Å²) in [6.45, 7) is 9.88. The number of hydrogen-bond acceptors (Lipinski definition) is 2. The van der Waals surface area contributed by atoms with E-state index < -0.39 is 0 Å². The molecule has 0 aromatic heterocycles. The molecule has 1 aliphatic rings. The second kappa shape index (κ2) is 9.44. The Morgan fingerprint density at radius 2 is 1.69 bits per heavy atom. The number of carbonyl (C=O) groups is 1. The number of cyclic esters (lactones) is 1. The molecule has 0 spiro atoms. The van der Waals surface area contributed by atoms with Crippen molar-refractivity contribution in [3.8, 4) is 0 Å². The largest absolute Gasteiger partial charge is 0.459 e. The lowest BCUT2D eigenvalue weighted by Crippen LogP contribution is -1.99. The van der Waals surface area contributed by atoms with Gasteiger partial charge < -0.3 is 4.74 Å². The number of rotatable bonds is 5.